The van der Waals surface area contributed by atoms with Gasteiger partial charge < -0.3 is 19.6 Å². The number of rotatable bonds is 4. The SMILES string of the molecule is Cc1ccc2c(N3CCC4(CC3)CN(CC(C)C)C(=O)O4)nc(-c3ccccc3O)nc2c1. The van der Waals surface area contributed by atoms with Gasteiger partial charge in [-0.05, 0) is 42.7 Å². The quantitative estimate of drug-likeness (QED) is 0.623. The molecule has 0 unspecified atom stereocenters. The van der Waals surface area contributed by atoms with E-state index >= 15 is 0 Å². The van der Waals surface area contributed by atoms with E-state index in [9.17, 15) is 9.90 Å². The topological polar surface area (TPSA) is 78.8 Å². The van der Waals surface area contributed by atoms with Crippen molar-refractivity contribution in [2.45, 2.75) is 39.2 Å². The molecular formula is C26H30N4O3. The first kappa shape index (κ1) is 21.5. The molecule has 1 aromatic heterocycles. The van der Waals surface area contributed by atoms with Crippen molar-refractivity contribution in [3.05, 3.63) is 48.0 Å². The number of aromatic nitrogens is 2. The van der Waals surface area contributed by atoms with Crippen LogP contribution in [0.5, 0.6) is 5.75 Å². The Bertz CT molecular complexity index is 1200. The van der Waals surface area contributed by atoms with E-state index in [-0.39, 0.29) is 11.8 Å². The Balaban J connectivity index is 1.46. The van der Waals surface area contributed by atoms with Gasteiger partial charge in [-0.2, -0.15) is 0 Å². The lowest BCUT2D eigenvalue weighted by Gasteiger charge is -2.38. The highest BCUT2D eigenvalue weighted by atomic mass is 16.6. The average Bonchev–Trinajstić information content (AvgIpc) is 3.07. The molecule has 2 aliphatic rings. The van der Waals surface area contributed by atoms with Crippen LogP contribution in [0.15, 0.2) is 42.5 Å². The second-order valence-electron chi connectivity index (χ2n) is 9.72. The minimum Gasteiger partial charge on any atom is -0.507 e. The van der Waals surface area contributed by atoms with E-state index in [1.807, 2.05) is 24.0 Å². The van der Waals surface area contributed by atoms with Gasteiger partial charge in [-0.15, -0.1) is 0 Å². The van der Waals surface area contributed by atoms with Gasteiger partial charge in [0.05, 0.1) is 17.6 Å². The fourth-order valence-electron chi connectivity index (χ4n) is 4.91. The van der Waals surface area contributed by atoms with Crippen molar-refractivity contribution in [3.8, 4) is 17.1 Å². The van der Waals surface area contributed by atoms with Gasteiger partial charge in [0.25, 0.3) is 0 Å². The van der Waals surface area contributed by atoms with Crippen molar-refractivity contribution in [3.63, 3.8) is 0 Å². The predicted octanol–water partition coefficient (Wildman–Crippen LogP) is 4.76. The number of phenolic OH excluding ortho intramolecular Hbond substituents is 1. The van der Waals surface area contributed by atoms with E-state index < -0.39 is 5.60 Å². The smallest absolute Gasteiger partial charge is 0.410 e. The van der Waals surface area contributed by atoms with Crippen LogP contribution < -0.4 is 4.90 Å². The molecule has 2 fully saturated rings. The van der Waals surface area contributed by atoms with Crippen molar-refractivity contribution >= 4 is 22.8 Å². The average molecular weight is 447 g/mol. The molecule has 0 bridgehead atoms. The normalized spacial score (nSPS) is 17.9. The van der Waals surface area contributed by atoms with Crippen molar-refractivity contribution in [1.29, 1.82) is 0 Å². The molecular weight excluding hydrogens is 416 g/mol. The molecule has 172 valence electrons. The summed E-state index contributed by atoms with van der Waals surface area (Å²) < 4.78 is 5.89. The first-order valence-electron chi connectivity index (χ1n) is 11.6. The number of carbonyl (C=O) groups is 1. The summed E-state index contributed by atoms with van der Waals surface area (Å²) in [6, 6.07) is 13.4. The Kier molecular flexibility index (Phi) is 5.35. The Labute approximate surface area is 194 Å². The van der Waals surface area contributed by atoms with Crippen LogP contribution in [0.25, 0.3) is 22.3 Å². The van der Waals surface area contributed by atoms with E-state index in [1.165, 1.54) is 0 Å². The standard InChI is InChI=1S/C26H30N4O3/c1-17(2)15-30-16-26(33-25(30)32)10-12-29(13-11-26)24-19-9-8-18(3)14-21(19)27-23(28-24)20-6-4-5-7-22(20)31/h4-9,14,17,31H,10-13,15-16H2,1-3H3. The second-order valence-corrected chi connectivity index (χ2v) is 9.72. The van der Waals surface area contributed by atoms with E-state index in [2.05, 4.69) is 36.9 Å². The number of aryl methyl sites for hydroxylation is 1. The highest BCUT2D eigenvalue weighted by molar-refractivity contribution is 5.92. The van der Waals surface area contributed by atoms with E-state index in [0.29, 0.717) is 23.9 Å². The number of hydrogen-bond acceptors (Lipinski definition) is 6. The first-order valence-corrected chi connectivity index (χ1v) is 11.6. The number of piperidine rings is 1. The number of phenols is 1. The Morgan fingerprint density at radius 3 is 2.61 bits per heavy atom. The maximum absolute atomic E-state index is 12.4. The number of anilines is 1. The number of para-hydroxylation sites is 1. The molecule has 1 spiro atoms. The van der Waals surface area contributed by atoms with Crippen LogP contribution in [0.3, 0.4) is 0 Å². The molecule has 0 aliphatic carbocycles. The summed E-state index contributed by atoms with van der Waals surface area (Å²) in [6.45, 7) is 9.14. The number of benzene rings is 2. The van der Waals surface area contributed by atoms with Crippen LogP contribution in [0.2, 0.25) is 0 Å². The fourth-order valence-corrected chi connectivity index (χ4v) is 4.91. The van der Waals surface area contributed by atoms with Gasteiger partial charge in [0.15, 0.2) is 5.82 Å². The molecule has 3 aromatic rings. The molecule has 7 heteroatoms. The number of ether oxygens (including phenoxy) is 1. The maximum atomic E-state index is 12.4. The third-order valence-electron chi connectivity index (χ3n) is 6.58. The van der Waals surface area contributed by atoms with Gasteiger partial charge >= 0.3 is 6.09 Å². The lowest BCUT2D eigenvalue weighted by molar-refractivity contribution is 0.0366. The van der Waals surface area contributed by atoms with Gasteiger partial charge in [0.2, 0.25) is 0 Å². The highest BCUT2D eigenvalue weighted by Gasteiger charge is 2.47. The number of nitrogens with zero attached hydrogens (tertiary/aromatic N) is 4. The van der Waals surface area contributed by atoms with Crippen LogP contribution in [0.1, 0.15) is 32.3 Å². The summed E-state index contributed by atoms with van der Waals surface area (Å²) in [4.78, 5) is 26.2. The third kappa shape index (κ3) is 4.08. The fraction of sp³-hybridized carbons (Fsp3) is 0.423. The zero-order valence-electron chi connectivity index (χ0n) is 19.4. The molecule has 0 saturated carbocycles. The zero-order chi connectivity index (χ0) is 23.2. The largest absolute Gasteiger partial charge is 0.507 e. The lowest BCUT2D eigenvalue weighted by atomic mass is 9.91. The van der Waals surface area contributed by atoms with Crippen LogP contribution in [0.4, 0.5) is 10.6 Å². The molecule has 1 N–H and O–H groups in total. The Morgan fingerprint density at radius 2 is 1.88 bits per heavy atom. The molecule has 0 radical (unpaired) electrons. The molecule has 2 aliphatic heterocycles. The second kappa shape index (κ2) is 8.21. The summed E-state index contributed by atoms with van der Waals surface area (Å²) in [5.41, 5.74) is 2.18. The molecule has 2 aromatic carbocycles. The number of carbonyl (C=O) groups excluding carboxylic acids is 1. The monoisotopic (exact) mass is 446 g/mol. The summed E-state index contributed by atoms with van der Waals surface area (Å²) in [7, 11) is 0. The number of hydrogen-bond donors (Lipinski definition) is 1. The van der Waals surface area contributed by atoms with Crippen molar-refractivity contribution in [1.82, 2.24) is 14.9 Å². The van der Waals surface area contributed by atoms with Crippen molar-refractivity contribution < 1.29 is 14.6 Å². The Morgan fingerprint density at radius 1 is 1.12 bits per heavy atom. The van der Waals surface area contributed by atoms with E-state index in [1.54, 1.807) is 12.1 Å². The van der Waals surface area contributed by atoms with Gasteiger partial charge in [-0.1, -0.05) is 32.0 Å². The van der Waals surface area contributed by atoms with Crippen LogP contribution in [-0.2, 0) is 4.74 Å². The summed E-state index contributed by atoms with van der Waals surface area (Å²) >= 11 is 0. The minimum absolute atomic E-state index is 0.163. The molecule has 3 heterocycles. The molecule has 5 rings (SSSR count). The number of amides is 1. The molecule has 2 saturated heterocycles. The van der Waals surface area contributed by atoms with Crippen LogP contribution in [0, 0.1) is 12.8 Å². The summed E-state index contributed by atoms with van der Waals surface area (Å²) in [6.07, 6.45) is 1.33. The van der Waals surface area contributed by atoms with Crippen molar-refractivity contribution in [2.24, 2.45) is 5.92 Å². The first-order chi connectivity index (χ1) is 15.8. The number of fused-ring (bicyclic) bond motifs is 1. The van der Waals surface area contributed by atoms with E-state index in [0.717, 1.165) is 54.8 Å². The van der Waals surface area contributed by atoms with Crippen molar-refractivity contribution in [2.75, 3.05) is 31.1 Å². The molecule has 33 heavy (non-hydrogen) atoms. The van der Waals surface area contributed by atoms with Gasteiger partial charge in [0.1, 0.15) is 17.2 Å². The summed E-state index contributed by atoms with van der Waals surface area (Å²) in [5.74, 6) is 1.95. The summed E-state index contributed by atoms with van der Waals surface area (Å²) in [5, 5.41) is 11.4. The van der Waals surface area contributed by atoms with Gasteiger partial charge in [0, 0.05) is 37.9 Å². The van der Waals surface area contributed by atoms with E-state index in [4.69, 9.17) is 14.7 Å². The molecule has 0 atom stereocenters. The van der Waals surface area contributed by atoms with Crippen LogP contribution >= 0.6 is 0 Å². The van der Waals surface area contributed by atoms with Gasteiger partial charge in [-0.3, -0.25) is 0 Å². The predicted molar refractivity (Wildman–Crippen MR) is 128 cm³/mol. The third-order valence-corrected chi connectivity index (χ3v) is 6.58. The zero-order valence-corrected chi connectivity index (χ0v) is 19.4. The number of aromatic hydroxyl groups is 1. The maximum Gasteiger partial charge on any atom is 0.410 e. The molecule has 1 amide bonds. The highest BCUT2D eigenvalue weighted by Crippen LogP contribution is 2.37. The van der Waals surface area contributed by atoms with Gasteiger partial charge in [-0.25, -0.2) is 14.8 Å². The lowest BCUT2D eigenvalue weighted by Crippen LogP contribution is -2.47. The van der Waals surface area contributed by atoms with Crippen LogP contribution in [-0.4, -0.2) is 57.8 Å². The molecule has 7 nitrogen and oxygen atoms in total. The minimum atomic E-state index is -0.414. The Hall–Kier alpha value is -3.35.